The normalized spacial score (nSPS) is 10.8. The van der Waals surface area contributed by atoms with Gasteiger partial charge in [0.2, 0.25) is 11.5 Å². The van der Waals surface area contributed by atoms with Gasteiger partial charge in [-0.2, -0.15) is 8.78 Å². The zero-order chi connectivity index (χ0) is 18.1. The molecule has 1 aromatic rings. The maximum Gasteiger partial charge on any atom is 0.387 e. The molecule has 0 saturated heterocycles. The molecule has 24 heavy (non-hydrogen) atoms. The van der Waals surface area contributed by atoms with Crippen LogP contribution < -0.4 is 14.2 Å². The Kier molecular flexibility index (Phi) is 8.21. The summed E-state index contributed by atoms with van der Waals surface area (Å²) in [5.41, 5.74) is -0.819. The first-order valence-corrected chi connectivity index (χ1v) is 7.72. The third kappa shape index (κ3) is 5.50. The molecule has 136 valence electrons. The number of carboxylic acids is 1. The zero-order valence-electron chi connectivity index (χ0n) is 13.6. The van der Waals surface area contributed by atoms with Gasteiger partial charge in [-0.1, -0.05) is 26.7 Å². The Bertz CT molecular complexity index is 549. The van der Waals surface area contributed by atoms with Crippen LogP contribution in [0, 0.1) is 5.82 Å². The molecule has 0 spiro atoms. The van der Waals surface area contributed by atoms with Crippen LogP contribution in [0.25, 0.3) is 0 Å². The minimum absolute atomic E-state index is 0.0920. The molecule has 0 bridgehead atoms. The van der Waals surface area contributed by atoms with Crippen LogP contribution in [0.5, 0.6) is 17.2 Å². The number of carboxylic acid groups (broad SMARTS) is 1. The second-order valence-corrected chi connectivity index (χ2v) is 4.98. The third-order valence-corrected chi connectivity index (χ3v) is 3.08. The van der Waals surface area contributed by atoms with E-state index in [0.717, 1.165) is 12.8 Å². The lowest BCUT2D eigenvalue weighted by atomic mass is 10.1. The van der Waals surface area contributed by atoms with Gasteiger partial charge in [-0.15, -0.1) is 0 Å². The number of halogens is 3. The maximum absolute atomic E-state index is 14.4. The van der Waals surface area contributed by atoms with Crippen molar-refractivity contribution in [1.29, 1.82) is 0 Å². The fourth-order valence-corrected chi connectivity index (χ4v) is 1.84. The molecule has 0 aliphatic carbocycles. The highest BCUT2D eigenvalue weighted by molar-refractivity contribution is 5.90. The number of hydrogen-bond donors (Lipinski definition) is 1. The van der Waals surface area contributed by atoms with Crippen molar-refractivity contribution in [3.05, 3.63) is 17.4 Å². The van der Waals surface area contributed by atoms with Crippen molar-refractivity contribution in [2.24, 2.45) is 0 Å². The molecule has 1 N–H and O–H groups in total. The molecular formula is C16H21F3O5. The van der Waals surface area contributed by atoms with Gasteiger partial charge in [0.1, 0.15) is 5.56 Å². The summed E-state index contributed by atoms with van der Waals surface area (Å²) in [7, 11) is 0. The van der Waals surface area contributed by atoms with Gasteiger partial charge in [0.25, 0.3) is 0 Å². The second-order valence-electron chi connectivity index (χ2n) is 4.98. The van der Waals surface area contributed by atoms with Gasteiger partial charge < -0.3 is 19.3 Å². The number of unbranched alkanes of at least 4 members (excludes halogenated alkanes) is 2. The largest absolute Gasteiger partial charge is 0.487 e. The highest BCUT2D eigenvalue weighted by atomic mass is 19.3. The van der Waals surface area contributed by atoms with Crippen LogP contribution in [0.15, 0.2) is 6.07 Å². The molecule has 0 unspecified atom stereocenters. The smallest absolute Gasteiger partial charge is 0.387 e. The van der Waals surface area contributed by atoms with Gasteiger partial charge in [-0.25, -0.2) is 9.18 Å². The quantitative estimate of drug-likeness (QED) is 0.596. The van der Waals surface area contributed by atoms with E-state index in [0.29, 0.717) is 18.9 Å². The molecular weight excluding hydrogens is 329 g/mol. The molecule has 0 aliphatic rings. The first-order chi connectivity index (χ1) is 11.4. The van der Waals surface area contributed by atoms with E-state index in [2.05, 4.69) is 4.74 Å². The van der Waals surface area contributed by atoms with E-state index in [4.69, 9.17) is 14.6 Å². The zero-order valence-corrected chi connectivity index (χ0v) is 13.6. The van der Waals surface area contributed by atoms with Crippen LogP contribution in [0.2, 0.25) is 0 Å². The van der Waals surface area contributed by atoms with Crippen molar-refractivity contribution < 1.29 is 37.3 Å². The summed E-state index contributed by atoms with van der Waals surface area (Å²) in [6.45, 7) is 0.791. The number of benzene rings is 1. The van der Waals surface area contributed by atoms with Gasteiger partial charge in [0.15, 0.2) is 11.6 Å². The van der Waals surface area contributed by atoms with E-state index in [1.165, 1.54) is 0 Å². The van der Waals surface area contributed by atoms with E-state index in [1.54, 1.807) is 0 Å². The Balaban J connectivity index is 3.32. The number of rotatable bonds is 11. The Morgan fingerprint density at radius 2 is 1.67 bits per heavy atom. The number of ether oxygens (including phenoxy) is 3. The Labute approximate surface area is 138 Å². The Morgan fingerprint density at radius 1 is 1.12 bits per heavy atom. The molecule has 8 heteroatoms. The van der Waals surface area contributed by atoms with Gasteiger partial charge in [0, 0.05) is 6.07 Å². The van der Waals surface area contributed by atoms with Gasteiger partial charge in [-0.3, -0.25) is 0 Å². The summed E-state index contributed by atoms with van der Waals surface area (Å²) in [5, 5.41) is 9.05. The van der Waals surface area contributed by atoms with Gasteiger partial charge >= 0.3 is 12.6 Å². The van der Waals surface area contributed by atoms with Crippen molar-refractivity contribution in [1.82, 2.24) is 0 Å². The minimum Gasteiger partial charge on any atom is -0.487 e. The van der Waals surface area contributed by atoms with Crippen LogP contribution >= 0.6 is 0 Å². The molecule has 0 saturated carbocycles. The number of carbonyl (C=O) groups is 1. The lowest BCUT2D eigenvalue weighted by Crippen LogP contribution is -2.12. The molecule has 0 heterocycles. The van der Waals surface area contributed by atoms with E-state index in [-0.39, 0.29) is 19.0 Å². The molecule has 0 fully saturated rings. The average molecular weight is 350 g/mol. The standard InChI is InChI=1S/C16H21F3O5/c1-3-5-7-22-13-11(24-16(18)19)9-10(15(20)21)12(17)14(13)23-8-6-4-2/h9,16H,3-8H2,1-2H3,(H,20,21). The predicted octanol–water partition coefficient (Wildman–Crippen LogP) is 4.48. The van der Waals surface area contributed by atoms with Crippen molar-refractivity contribution >= 4 is 5.97 Å². The molecule has 0 aliphatic heterocycles. The monoisotopic (exact) mass is 350 g/mol. The molecule has 0 aromatic heterocycles. The van der Waals surface area contributed by atoms with E-state index < -0.39 is 35.5 Å². The van der Waals surface area contributed by atoms with E-state index in [9.17, 15) is 18.0 Å². The highest BCUT2D eigenvalue weighted by Gasteiger charge is 2.27. The number of aromatic carboxylic acids is 1. The summed E-state index contributed by atoms with van der Waals surface area (Å²) in [5.74, 6) is -4.22. The summed E-state index contributed by atoms with van der Waals surface area (Å²) in [4.78, 5) is 11.1. The first kappa shape index (κ1) is 19.9. The SMILES string of the molecule is CCCCOc1c(OC(F)F)cc(C(=O)O)c(F)c1OCCCC. The van der Waals surface area contributed by atoms with Crippen LogP contribution in [0.4, 0.5) is 13.2 Å². The molecule has 1 aromatic carbocycles. The topological polar surface area (TPSA) is 65.0 Å². The Morgan fingerprint density at radius 3 is 2.12 bits per heavy atom. The summed E-state index contributed by atoms with van der Waals surface area (Å²) >= 11 is 0. The highest BCUT2D eigenvalue weighted by Crippen LogP contribution is 2.42. The summed E-state index contributed by atoms with van der Waals surface area (Å²) in [6.07, 6.45) is 2.71. The summed E-state index contributed by atoms with van der Waals surface area (Å²) < 4.78 is 54.5. The third-order valence-electron chi connectivity index (χ3n) is 3.08. The molecule has 1 rings (SSSR count). The maximum atomic E-state index is 14.4. The molecule has 5 nitrogen and oxygen atoms in total. The number of hydrogen-bond acceptors (Lipinski definition) is 4. The summed E-state index contributed by atoms with van der Waals surface area (Å²) in [6, 6.07) is 0.678. The van der Waals surface area contributed by atoms with Crippen LogP contribution in [-0.4, -0.2) is 30.9 Å². The minimum atomic E-state index is -3.21. The average Bonchev–Trinajstić information content (AvgIpc) is 2.51. The first-order valence-electron chi connectivity index (χ1n) is 7.72. The fourth-order valence-electron chi connectivity index (χ4n) is 1.84. The van der Waals surface area contributed by atoms with E-state index >= 15 is 0 Å². The van der Waals surface area contributed by atoms with E-state index in [1.807, 2.05) is 13.8 Å². The van der Waals surface area contributed by atoms with Crippen LogP contribution in [0.1, 0.15) is 49.9 Å². The lowest BCUT2D eigenvalue weighted by Gasteiger charge is -2.18. The lowest BCUT2D eigenvalue weighted by molar-refractivity contribution is -0.0518. The van der Waals surface area contributed by atoms with Crippen LogP contribution in [-0.2, 0) is 0 Å². The molecule has 0 radical (unpaired) electrons. The molecule has 0 amide bonds. The Hall–Kier alpha value is -2.12. The predicted molar refractivity (Wildman–Crippen MR) is 80.8 cm³/mol. The second kappa shape index (κ2) is 9.89. The van der Waals surface area contributed by atoms with Crippen molar-refractivity contribution in [2.45, 2.75) is 46.1 Å². The number of alkyl halides is 2. The van der Waals surface area contributed by atoms with Crippen LogP contribution in [0.3, 0.4) is 0 Å². The van der Waals surface area contributed by atoms with Crippen molar-refractivity contribution in [3.8, 4) is 17.2 Å². The fraction of sp³-hybridized carbons (Fsp3) is 0.562. The molecule has 0 atom stereocenters. The van der Waals surface area contributed by atoms with Gasteiger partial charge in [-0.05, 0) is 12.8 Å². The van der Waals surface area contributed by atoms with Gasteiger partial charge in [0.05, 0.1) is 13.2 Å². The van der Waals surface area contributed by atoms with Crippen molar-refractivity contribution in [3.63, 3.8) is 0 Å². The van der Waals surface area contributed by atoms with Crippen molar-refractivity contribution in [2.75, 3.05) is 13.2 Å².